The molecule has 0 atom stereocenters. The molecule has 2 aliphatic heterocycles. The summed E-state index contributed by atoms with van der Waals surface area (Å²) < 4.78 is 62.8. The third-order valence-electron chi connectivity index (χ3n) is 8.29. The van der Waals surface area contributed by atoms with Gasteiger partial charge in [-0.05, 0) is 49.4 Å². The average Bonchev–Trinajstić information content (AvgIpc) is 3.57. The zero-order valence-corrected chi connectivity index (χ0v) is 22.5. The normalized spacial score (nSPS) is 21.3. The van der Waals surface area contributed by atoms with Gasteiger partial charge >= 0.3 is 6.18 Å². The van der Waals surface area contributed by atoms with Crippen LogP contribution in [0.5, 0.6) is 5.75 Å². The van der Waals surface area contributed by atoms with Crippen LogP contribution in [0.1, 0.15) is 52.6 Å². The number of nitrogens with zero attached hydrogens (tertiary/aromatic N) is 5. The van der Waals surface area contributed by atoms with Gasteiger partial charge in [0, 0.05) is 60.7 Å². The van der Waals surface area contributed by atoms with Gasteiger partial charge in [-0.25, -0.2) is 14.4 Å². The number of fused-ring (bicyclic) bond motifs is 3. The first-order chi connectivity index (χ1) is 20.0. The van der Waals surface area contributed by atoms with E-state index in [2.05, 4.69) is 20.3 Å². The minimum atomic E-state index is -4.67. The van der Waals surface area contributed by atoms with E-state index in [-0.39, 0.29) is 48.6 Å². The average molecular weight is 583 g/mol. The van der Waals surface area contributed by atoms with Gasteiger partial charge in [-0.3, -0.25) is 14.2 Å². The number of nitrogens with one attached hydrogen (secondary N) is 1. The third-order valence-corrected chi connectivity index (χ3v) is 8.29. The number of amides is 1. The van der Waals surface area contributed by atoms with E-state index < -0.39 is 23.4 Å². The molecule has 1 aliphatic carbocycles. The Bertz CT molecular complexity index is 1740. The SMILES string of the molecule is CC1(O)CC(CN2Cc3cc(C(F)(F)F)ncc3-c3cnc(NCc4c(F)ccc5c4CCO5)n4cnc(c34)C2=O)C1. The van der Waals surface area contributed by atoms with E-state index in [4.69, 9.17) is 4.74 Å². The van der Waals surface area contributed by atoms with Crippen molar-refractivity contribution in [2.24, 2.45) is 5.92 Å². The van der Waals surface area contributed by atoms with Crippen LogP contribution >= 0.6 is 0 Å². The number of hydrogen-bond acceptors (Lipinski definition) is 7. The van der Waals surface area contributed by atoms with Gasteiger partial charge in [0.2, 0.25) is 5.95 Å². The molecule has 0 spiro atoms. The molecular weight excluding hydrogens is 556 g/mol. The lowest BCUT2D eigenvalue weighted by Crippen LogP contribution is -2.47. The van der Waals surface area contributed by atoms with E-state index in [1.165, 1.54) is 23.5 Å². The van der Waals surface area contributed by atoms with E-state index in [0.29, 0.717) is 53.8 Å². The van der Waals surface area contributed by atoms with Gasteiger partial charge in [-0.1, -0.05) is 0 Å². The van der Waals surface area contributed by atoms with Gasteiger partial charge in [0.15, 0.2) is 5.69 Å². The van der Waals surface area contributed by atoms with Crippen LogP contribution < -0.4 is 10.1 Å². The molecule has 42 heavy (non-hydrogen) atoms. The number of imidazole rings is 1. The van der Waals surface area contributed by atoms with E-state index in [9.17, 15) is 27.5 Å². The van der Waals surface area contributed by atoms with Crippen LogP contribution in [0.2, 0.25) is 0 Å². The van der Waals surface area contributed by atoms with Crippen LogP contribution in [-0.4, -0.2) is 54.0 Å². The lowest BCUT2D eigenvalue weighted by atomic mass is 9.72. The molecule has 5 heterocycles. The minimum Gasteiger partial charge on any atom is -0.493 e. The van der Waals surface area contributed by atoms with Crippen molar-refractivity contribution >= 4 is 17.4 Å². The predicted octanol–water partition coefficient (Wildman–Crippen LogP) is 4.61. The van der Waals surface area contributed by atoms with Crippen LogP contribution in [0.15, 0.2) is 36.9 Å². The Labute approximate surface area is 237 Å². The lowest BCUT2D eigenvalue weighted by molar-refractivity contribution is -0.141. The Morgan fingerprint density at radius 1 is 1.17 bits per heavy atom. The highest BCUT2D eigenvalue weighted by molar-refractivity contribution is 6.04. The van der Waals surface area contributed by atoms with Crippen molar-refractivity contribution in [3.05, 3.63) is 70.8 Å². The molecule has 0 saturated heterocycles. The monoisotopic (exact) mass is 582 g/mol. The van der Waals surface area contributed by atoms with Gasteiger partial charge in [-0.2, -0.15) is 13.2 Å². The molecule has 2 N–H and O–H groups in total. The number of carbonyl (C=O) groups is 1. The summed E-state index contributed by atoms with van der Waals surface area (Å²) in [5.74, 6) is 0.0770. The summed E-state index contributed by atoms with van der Waals surface area (Å²) in [7, 11) is 0. The Kier molecular flexibility index (Phi) is 5.95. The van der Waals surface area contributed by atoms with Gasteiger partial charge in [-0.15, -0.1) is 0 Å². The van der Waals surface area contributed by atoms with Crippen molar-refractivity contribution < 1.29 is 32.2 Å². The second-order valence-electron chi connectivity index (χ2n) is 11.4. The van der Waals surface area contributed by atoms with Crippen molar-refractivity contribution in [3.63, 3.8) is 0 Å². The molecule has 0 bridgehead atoms. The molecule has 1 aromatic carbocycles. The van der Waals surface area contributed by atoms with Crippen LogP contribution in [0.25, 0.3) is 16.6 Å². The fourth-order valence-electron chi connectivity index (χ4n) is 6.40. The molecular formula is C29H26F4N6O3. The first kappa shape index (κ1) is 26.6. The van der Waals surface area contributed by atoms with E-state index in [1.807, 2.05) is 0 Å². The van der Waals surface area contributed by atoms with Gasteiger partial charge in [0.1, 0.15) is 23.6 Å². The Hall–Kier alpha value is -4.26. The van der Waals surface area contributed by atoms with Crippen LogP contribution in [0, 0.1) is 11.7 Å². The number of benzene rings is 1. The predicted molar refractivity (Wildman–Crippen MR) is 142 cm³/mol. The largest absolute Gasteiger partial charge is 0.493 e. The second kappa shape index (κ2) is 9.38. The Balaban J connectivity index is 1.31. The molecule has 9 nitrogen and oxygen atoms in total. The van der Waals surface area contributed by atoms with Gasteiger partial charge < -0.3 is 20.1 Å². The quantitative estimate of drug-likeness (QED) is 0.331. The summed E-state index contributed by atoms with van der Waals surface area (Å²) in [6, 6.07) is 3.92. The number of pyridine rings is 1. The van der Waals surface area contributed by atoms with Crippen molar-refractivity contribution in [2.75, 3.05) is 18.5 Å². The maximum atomic E-state index is 14.8. The standard InChI is InChI=1S/C29H26F4N6O3/c1-28(41)7-15(8-28)12-38-13-16-6-23(29(31,32)33)34-9-18(16)20-11-36-27(39-14-37-24(25(20)39)26(38)40)35-10-19-17-4-5-42-22(17)3-2-21(19)30/h2-3,6,9,11,14-15,41H,4-5,7-8,10,12-13H2,1H3,(H,35,36). The molecule has 13 heteroatoms. The zero-order chi connectivity index (χ0) is 29.4. The maximum Gasteiger partial charge on any atom is 0.433 e. The second-order valence-corrected chi connectivity index (χ2v) is 11.4. The number of ether oxygens (including phenoxy) is 1. The van der Waals surface area contributed by atoms with E-state index in [0.717, 1.165) is 17.8 Å². The molecule has 3 aliphatic rings. The lowest BCUT2D eigenvalue weighted by Gasteiger charge is -2.43. The van der Waals surface area contributed by atoms with Crippen molar-refractivity contribution in [2.45, 2.75) is 51.1 Å². The minimum absolute atomic E-state index is 0.00512. The van der Waals surface area contributed by atoms with Gasteiger partial charge in [0.25, 0.3) is 5.91 Å². The summed E-state index contributed by atoms with van der Waals surface area (Å²) in [6.07, 6.45) is 0.912. The van der Waals surface area contributed by atoms with Gasteiger partial charge in [0.05, 0.1) is 17.7 Å². The number of rotatable bonds is 5. The Morgan fingerprint density at radius 3 is 2.71 bits per heavy atom. The highest BCUT2D eigenvalue weighted by atomic mass is 19.4. The molecule has 0 radical (unpaired) electrons. The number of halogens is 4. The zero-order valence-electron chi connectivity index (χ0n) is 22.5. The number of carbonyl (C=O) groups excluding carboxylic acids is 1. The number of aliphatic hydroxyl groups is 1. The van der Waals surface area contributed by atoms with Crippen molar-refractivity contribution in [1.82, 2.24) is 24.3 Å². The van der Waals surface area contributed by atoms with Crippen LogP contribution in [0.3, 0.4) is 0 Å². The maximum absolute atomic E-state index is 14.8. The highest BCUT2D eigenvalue weighted by Gasteiger charge is 2.41. The number of hydrogen-bond donors (Lipinski definition) is 2. The highest BCUT2D eigenvalue weighted by Crippen LogP contribution is 2.41. The topological polar surface area (TPSA) is 105 Å². The third kappa shape index (κ3) is 4.42. The fourth-order valence-corrected chi connectivity index (χ4v) is 6.40. The Morgan fingerprint density at radius 2 is 1.95 bits per heavy atom. The fraction of sp³-hybridized carbons (Fsp3) is 0.379. The number of aromatic nitrogens is 4. The summed E-state index contributed by atoms with van der Waals surface area (Å²) in [5, 5.41) is 13.4. The number of alkyl halides is 3. The molecule has 1 amide bonds. The molecule has 1 saturated carbocycles. The molecule has 218 valence electrons. The summed E-state index contributed by atoms with van der Waals surface area (Å²) in [6.45, 7) is 2.44. The van der Waals surface area contributed by atoms with Crippen molar-refractivity contribution in [3.8, 4) is 16.9 Å². The molecule has 1 fully saturated rings. The van der Waals surface area contributed by atoms with E-state index in [1.54, 1.807) is 17.4 Å². The molecule has 0 unspecified atom stereocenters. The first-order valence-corrected chi connectivity index (χ1v) is 13.6. The summed E-state index contributed by atoms with van der Waals surface area (Å²) >= 11 is 0. The first-order valence-electron chi connectivity index (χ1n) is 13.6. The molecule has 4 aromatic rings. The van der Waals surface area contributed by atoms with E-state index >= 15 is 0 Å². The van der Waals surface area contributed by atoms with Crippen molar-refractivity contribution in [1.29, 1.82) is 0 Å². The molecule has 7 rings (SSSR count). The van der Waals surface area contributed by atoms with Crippen LogP contribution in [-0.2, 0) is 25.7 Å². The summed E-state index contributed by atoms with van der Waals surface area (Å²) in [5.41, 5.74) is 0.885. The summed E-state index contributed by atoms with van der Waals surface area (Å²) in [4.78, 5) is 27.9. The smallest absolute Gasteiger partial charge is 0.433 e. The molecule has 3 aromatic heterocycles. The number of anilines is 1. The van der Waals surface area contributed by atoms with Crippen LogP contribution in [0.4, 0.5) is 23.5 Å².